The van der Waals surface area contributed by atoms with E-state index in [2.05, 4.69) is 10.3 Å². The first kappa shape index (κ1) is 14.4. The van der Waals surface area contributed by atoms with Gasteiger partial charge in [0, 0.05) is 6.54 Å². The Kier molecular flexibility index (Phi) is 9.76. The molecular formula is C4H12NNaO4S. The van der Waals surface area contributed by atoms with Crippen LogP contribution in [-0.2, 0) is 15.0 Å². The monoisotopic (exact) mass is 193 g/mol. The van der Waals surface area contributed by atoms with E-state index < -0.39 is 10.1 Å². The second kappa shape index (κ2) is 7.48. The molecule has 2 N–H and O–H groups in total. The van der Waals surface area contributed by atoms with E-state index in [-0.39, 0.29) is 41.9 Å². The van der Waals surface area contributed by atoms with Gasteiger partial charge < -0.3 is 4.84 Å². The fourth-order valence-electron chi connectivity index (χ4n) is 0.345. The standard InChI is InChI=1S/C4H11NO4S.Na.H/c1-2-9-5-3-4-10(6,7)8;;/h5H,2-4H2,1H3,(H,6,7,8);;. The van der Waals surface area contributed by atoms with Crippen molar-refractivity contribution >= 4 is 39.7 Å². The molecular weight excluding hydrogens is 181 g/mol. The van der Waals surface area contributed by atoms with E-state index in [1.165, 1.54) is 0 Å². The van der Waals surface area contributed by atoms with Crippen molar-refractivity contribution < 1.29 is 17.8 Å². The first-order chi connectivity index (χ1) is 4.56. The average molecular weight is 193 g/mol. The zero-order chi connectivity index (χ0) is 8.04. The van der Waals surface area contributed by atoms with E-state index >= 15 is 0 Å². The molecule has 0 saturated heterocycles. The topological polar surface area (TPSA) is 75.6 Å². The zero-order valence-electron chi connectivity index (χ0n) is 5.70. The third-order valence-corrected chi connectivity index (χ3v) is 1.43. The molecule has 0 saturated carbocycles. The van der Waals surface area contributed by atoms with Crippen LogP contribution in [0.4, 0.5) is 0 Å². The Balaban J connectivity index is 0. The average Bonchev–Trinajstić information content (AvgIpc) is 1.78. The second-order valence-corrected chi connectivity index (χ2v) is 3.19. The number of hydrogen-bond acceptors (Lipinski definition) is 4. The van der Waals surface area contributed by atoms with Gasteiger partial charge in [0.05, 0.1) is 12.4 Å². The van der Waals surface area contributed by atoms with E-state index in [1.54, 1.807) is 6.92 Å². The molecule has 0 bridgehead atoms. The van der Waals surface area contributed by atoms with Gasteiger partial charge in [0.2, 0.25) is 0 Å². The minimum atomic E-state index is -3.85. The summed E-state index contributed by atoms with van der Waals surface area (Å²) in [5.41, 5.74) is 2.35. The van der Waals surface area contributed by atoms with Crippen LogP contribution in [0.2, 0.25) is 0 Å². The molecule has 0 radical (unpaired) electrons. The number of hydroxylamine groups is 1. The van der Waals surface area contributed by atoms with Crippen molar-refractivity contribution in [2.45, 2.75) is 6.92 Å². The molecule has 0 aliphatic heterocycles. The van der Waals surface area contributed by atoms with Gasteiger partial charge >= 0.3 is 29.6 Å². The van der Waals surface area contributed by atoms with Gasteiger partial charge in [-0.1, -0.05) is 0 Å². The summed E-state index contributed by atoms with van der Waals surface area (Å²) in [5, 5.41) is 0. The van der Waals surface area contributed by atoms with Crippen LogP contribution in [0.25, 0.3) is 0 Å². The van der Waals surface area contributed by atoms with E-state index in [0.717, 1.165) is 0 Å². The van der Waals surface area contributed by atoms with Crippen molar-refractivity contribution in [1.82, 2.24) is 5.48 Å². The van der Waals surface area contributed by atoms with Gasteiger partial charge in [-0.15, -0.1) is 0 Å². The van der Waals surface area contributed by atoms with E-state index in [9.17, 15) is 8.42 Å². The van der Waals surface area contributed by atoms with Gasteiger partial charge in [-0.05, 0) is 6.92 Å². The first-order valence-electron chi connectivity index (χ1n) is 2.86. The van der Waals surface area contributed by atoms with Crippen LogP contribution in [0.15, 0.2) is 0 Å². The molecule has 0 heterocycles. The summed E-state index contributed by atoms with van der Waals surface area (Å²) in [6, 6.07) is 0. The van der Waals surface area contributed by atoms with Gasteiger partial charge in [-0.25, -0.2) is 5.48 Å². The molecule has 0 aliphatic rings. The molecule has 0 aromatic rings. The fraction of sp³-hybridized carbons (Fsp3) is 1.00. The maximum absolute atomic E-state index is 10.1. The predicted molar refractivity (Wildman–Crippen MR) is 43.2 cm³/mol. The molecule has 64 valence electrons. The fourth-order valence-corrected chi connectivity index (χ4v) is 0.686. The molecule has 5 nitrogen and oxygen atoms in total. The van der Waals surface area contributed by atoms with Crippen LogP contribution in [0.1, 0.15) is 6.92 Å². The molecule has 0 spiro atoms. The van der Waals surface area contributed by atoms with E-state index in [1.807, 2.05) is 0 Å². The Labute approximate surface area is 88.5 Å². The van der Waals surface area contributed by atoms with Crippen molar-refractivity contribution in [3.8, 4) is 0 Å². The summed E-state index contributed by atoms with van der Waals surface area (Å²) in [5.74, 6) is -0.326. The van der Waals surface area contributed by atoms with Gasteiger partial charge in [0.15, 0.2) is 0 Å². The molecule has 0 aliphatic carbocycles. The predicted octanol–water partition coefficient (Wildman–Crippen LogP) is -1.23. The summed E-state index contributed by atoms with van der Waals surface area (Å²) in [4.78, 5) is 4.60. The Morgan fingerprint density at radius 2 is 2.09 bits per heavy atom. The van der Waals surface area contributed by atoms with Crippen molar-refractivity contribution in [1.29, 1.82) is 0 Å². The summed E-state index contributed by atoms with van der Waals surface area (Å²) < 4.78 is 28.3. The molecule has 0 amide bonds. The van der Waals surface area contributed by atoms with Gasteiger partial charge in [0.1, 0.15) is 0 Å². The van der Waals surface area contributed by atoms with Crippen molar-refractivity contribution in [3.05, 3.63) is 0 Å². The zero-order valence-corrected chi connectivity index (χ0v) is 6.52. The van der Waals surface area contributed by atoms with Crippen LogP contribution in [0.3, 0.4) is 0 Å². The van der Waals surface area contributed by atoms with E-state index in [0.29, 0.717) is 6.61 Å². The van der Waals surface area contributed by atoms with Crippen LogP contribution >= 0.6 is 0 Å². The second-order valence-electron chi connectivity index (χ2n) is 1.61. The number of rotatable bonds is 5. The third-order valence-electron chi connectivity index (χ3n) is 0.708. The Morgan fingerprint density at radius 3 is 2.45 bits per heavy atom. The molecule has 0 rings (SSSR count). The first-order valence-corrected chi connectivity index (χ1v) is 4.47. The summed E-state index contributed by atoms with van der Waals surface area (Å²) in [6.45, 7) is 2.33. The molecule has 0 aromatic carbocycles. The van der Waals surface area contributed by atoms with Gasteiger partial charge in [-0.3, -0.25) is 4.55 Å². The molecule has 0 atom stereocenters. The van der Waals surface area contributed by atoms with E-state index in [4.69, 9.17) is 4.55 Å². The van der Waals surface area contributed by atoms with Crippen molar-refractivity contribution in [2.75, 3.05) is 18.9 Å². The quantitative estimate of drug-likeness (QED) is 0.247. The van der Waals surface area contributed by atoms with Crippen molar-refractivity contribution in [2.24, 2.45) is 0 Å². The minimum absolute atomic E-state index is 0. The summed E-state index contributed by atoms with van der Waals surface area (Å²) in [7, 11) is -3.85. The van der Waals surface area contributed by atoms with Crippen LogP contribution in [0.5, 0.6) is 0 Å². The molecule has 7 heteroatoms. The number of hydrogen-bond donors (Lipinski definition) is 2. The molecule has 0 fully saturated rings. The number of nitrogens with one attached hydrogen (secondary N) is 1. The van der Waals surface area contributed by atoms with Crippen LogP contribution in [-0.4, -0.2) is 61.4 Å². The molecule has 11 heavy (non-hydrogen) atoms. The Hall–Kier alpha value is 0.830. The van der Waals surface area contributed by atoms with Gasteiger partial charge in [-0.2, -0.15) is 8.42 Å². The van der Waals surface area contributed by atoms with Crippen LogP contribution in [0, 0.1) is 0 Å². The normalized spacial score (nSPS) is 10.7. The molecule has 0 unspecified atom stereocenters. The van der Waals surface area contributed by atoms with Gasteiger partial charge in [0.25, 0.3) is 10.1 Å². The third kappa shape index (κ3) is 13.8. The Bertz CT molecular complexity index is 169. The summed E-state index contributed by atoms with van der Waals surface area (Å²) in [6.07, 6.45) is 0. The van der Waals surface area contributed by atoms with Crippen LogP contribution < -0.4 is 5.48 Å². The SMILES string of the molecule is CCONCCS(=O)(=O)O.[NaH]. The Morgan fingerprint density at radius 1 is 1.55 bits per heavy atom. The van der Waals surface area contributed by atoms with Crippen molar-refractivity contribution in [3.63, 3.8) is 0 Å². The maximum atomic E-state index is 10.1. The summed E-state index contributed by atoms with van der Waals surface area (Å²) >= 11 is 0. The molecule has 0 aromatic heterocycles.